The van der Waals surface area contributed by atoms with Gasteiger partial charge in [-0.3, -0.25) is 14.9 Å². The number of halogens is 1. The molecule has 25 heavy (non-hydrogen) atoms. The van der Waals surface area contributed by atoms with Crippen LogP contribution in [0.3, 0.4) is 0 Å². The lowest BCUT2D eigenvalue weighted by Crippen LogP contribution is -2.20. The zero-order chi connectivity index (χ0) is 18.1. The Morgan fingerprint density at radius 3 is 2.76 bits per heavy atom. The second-order valence-electron chi connectivity index (χ2n) is 5.14. The number of fused-ring (bicyclic) bond motifs is 1. The SMILES string of the molecule is Cc1nc2ccccc2c(=O)n1N=Cc1cc(Br)cc([N+](=O)[O-])c1[O-]. The van der Waals surface area contributed by atoms with Crippen molar-refractivity contribution in [3.05, 3.63) is 72.7 Å². The summed E-state index contributed by atoms with van der Waals surface area (Å²) in [6, 6.07) is 9.33. The van der Waals surface area contributed by atoms with Crippen LogP contribution >= 0.6 is 15.9 Å². The minimum Gasteiger partial charge on any atom is -0.867 e. The topological polar surface area (TPSA) is 113 Å². The molecule has 0 amide bonds. The summed E-state index contributed by atoms with van der Waals surface area (Å²) in [6.45, 7) is 1.60. The highest BCUT2D eigenvalue weighted by atomic mass is 79.9. The Morgan fingerprint density at radius 2 is 2.04 bits per heavy atom. The first-order valence-electron chi connectivity index (χ1n) is 7.06. The van der Waals surface area contributed by atoms with Gasteiger partial charge in [-0.25, -0.2) is 4.98 Å². The second-order valence-corrected chi connectivity index (χ2v) is 6.05. The summed E-state index contributed by atoms with van der Waals surface area (Å²) < 4.78 is 1.41. The summed E-state index contributed by atoms with van der Waals surface area (Å²) in [6.07, 6.45) is 1.12. The Balaban J connectivity index is 2.14. The number of aromatic nitrogens is 2. The van der Waals surface area contributed by atoms with Crippen LogP contribution in [0.2, 0.25) is 0 Å². The number of hydrogen-bond donors (Lipinski definition) is 0. The number of hydrogen-bond acceptors (Lipinski definition) is 6. The molecule has 3 rings (SSSR count). The van der Waals surface area contributed by atoms with Crippen molar-refractivity contribution >= 4 is 38.7 Å². The maximum atomic E-state index is 12.5. The first-order valence-corrected chi connectivity index (χ1v) is 7.85. The number of nitro benzene ring substituents is 1. The van der Waals surface area contributed by atoms with Crippen molar-refractivity contribution < 1.29 is 10.0 Å². The van der Waals surface area contributed by atoms with Gasteiger partial charge in [-0.15, -0.1) is 0 Å². The lowest BCUT2D eigenvalue weighted by molar-refractivity contribution is -0.398. The third-order valence-corrected chi connectivity index (χ3v) is 3.95. The van der Waals surface area contributed by atoms with E-state index >= 15 is 0 Å². The van der Waals surface area contributed by atoms with E-state index in [1.54, 1.807) is 31.2 Å². The van der Waals surface area contributed by atoms with E-state index in [0.29, 0.717) is 21.2 Å². The molecule has 126 valence electrons. The number of nitrogens with zero attached hydrogens (tertiary/aromatic N) is 4. The van der Waals surface area contributed by atoms with E-state index in [0.717, 1.165) is 17.0 Å². The predicted octanol–water partition coefficient (Wildman–Crippen LogP) is 2.33. The van der Waals surface area contributed by atoms with Gasteiger partial charge in [-0.05, 0) is 36.4 Å². The average Bonchev–Trinajstić information content (AvgIpc) is 2.57. The van der Waals surface area contributed by atoms with Gasteiger partial charge < -0.3 is 5.11 Å². The highest BCUT2D eigenvalue weighted by Crippen LogP contribution is 2.30. The molecule has 0 saturated carbocycles. The lowest BCUT2D eigenvalue weighted by Gasteiger charge is -2.11. The first-order chi connectivity index (χ1) is 11.9. The fraction of sp³-hybridized carbons (Fsp3) is 0.0625. The van der Waals surface area contributed by atoms with Crippen molar-refractivity contribution in [1.29, 1.82) is 0 Å². The fourth-order valence-electron chi connectivity index (χ4n) is 2.32. The summed E-state index contributed by atoms with van der Waals surface area (Å²) in [7, 11) is 0. The molecule has 2 aromatic carbocycles. The molecule has 0 aliphatic carbocycles. The van der Waals surface area contributed by atoms with Crippen LogP contribution in [-0.2, 0) is 0 Å². The molecule has 3 aromatic rings. The molecular weight excluding hydrogens is 392 g/mol. The Kier molecular flexibility index (Phi) is 4.32. The zero-order valence-corrected chi connectivity index (χ0v) is 14.4. The van der Waals surface area contributed by atoms with Crippen LogP contribution in [0, 0.1) is 17.0 Å². The van der Waals surface area contributed by atoms with E-state index in [4.69, 9.17) is 0 Å². The van der Waals surface area contributed by atoms with Gasteiger partial charge in [0.05, 0.1) is 22.0 Å². The van der Waals surface area contributed by atoms with Crippen molar-refractivity contribution in [2.24, 2.45) is 5.10 Å². The van der Waals surface area contributed by atoms with Gasteiger partial charge in [0.2, 0.25) is 0 Å². The van der Waals surface area contributed by atoms with Gasteiger partial charge >= 0.3 is 0 Å². The number of aryl methyl sites for hydroxylation is 1. The molecule has 0 spiro atoms. The van der Waals surface area contributed by atoms with Gasteiger partial charge in [-0.1, -0.05) is 28.1 Å². The molecule has 0 aliphatic rings. The van der Waals surface area contributed by atoms with Crippen LogP contribution in [0.15, 0.2) is 50.8 Å². The summed E-state index contributed by atoms with van der Waals surface area (Å²) >= 11 is 3.12. The van der Waals surface area contributed by atoms with E-state index in [1.807, 2.05) is 0 Å². The summed E-state index contributed by atoms with van der Waals surface area (Å²) in [5, 5.41) is 27.4. The molecule has 1 heterocycles. The minimum absolute atomic E-state index is 0.0134. The van der Waals surface area contributed by atoms with Gasteiger partial charge in [0.1, 0.15) is 5.82 Å². The van der Waals surface area contributed by atoms with Crippen molar-refractivity contribution in [1.82, 2.24) is 9.66 Å². The Hall–Kier alpha value is -3.07. The molecule has 1 aromatic heterocycles. The number of benzene rings is 2. The Labute approximate surface area is 149 Å². The van der Waals surface area contributed by atoms with Crippen LogP contribution < -0.4 is 10.7 Å². The summed E-state index contributed by atoms with van der Waals surface area (Å²) in [5.41, 5.74) is -0.438. The second kappa shape index (κ2) is 6.44. The number of nitro groups is 1. The normalized spacial score (nSPS) is 11.3. The van der Waals surface area contributed by atoms with E-state index in [1.165, 1.54) is 6.07 Å². The summed E-state index contributed by atoms with van der Waals surface area (Å²) in [5.74, 6) is -0.451. The van der Waals surface area contributed by atoms with Gasteiger partial charge in [0.25, 0.3) is 11.2 Å². The van der Waals surface area contributed by atoms with Gasteiger partial charge in [-0.2, -0.15) is 9.78 Å². The molecule has 9 heteroatoms. The number of rotatable bonds is 3. The highest BCUT2D eigenvalue weighted by molar-refractivity contribution is 9.10. The van der Waals surface area contributed by atoms with E-state index < -0.39 is 21.9 Å². The molecule has 0 bridgehead atoms. The van der Waals surface area contributed by atoms with Crippen LogP contribution in [0.1, 0.15) is 11.4 Å². The smallest absolute Gasteiger partial charge is 0.282 e. The van der Waals surface area contributed by atoms with Crippen molar-refractivity contribution in [2.45, 2.75) is 6.92 Å². The van der Waals surface area contributed by atoms with E-state index in [-0.39, 0.29) is 5.56 Å². The molecule has 0 atom stereocenters. The number of para-hydroxylation sites is 1. The fourth-order valence-corrected chi connectivity index (χ4v) is 2.79. The third kappa shape index (κ3) is 3.13. The standard InChI is InChI=1S/C16H11BrN4O4/c1-9-19-13-5-3-2-4-12(13)16(23)20(9)18-8-10-6-11(17)7-14(15(10)22)21(24)25/h2-8,22H,1H3/p-1. The van der Waals surface area contributed by atoms with Crippen molar-refractivity contribution in [2.75, 3.05) is 0 Å². The molecule has 0 unspecified atom stereocenters. The average molecular weight is 402 g/mol. The van der Waals surface area contributed by atoms with E-state index in [2.05, 4.69) is 26.0 Å². The van der Waals surface area contributed by atoms with Crippen molar-refractivity contribution in [3.8, 4) is 5.75 Å². The van der Waals surface area contributed by atoms with Crippen molar-refractivity contribution in [3.63, 3.8) is 0 Å². The molecule has 0 saturated heterocycles. The Morgan fingerprint density at radius 1 is 1.32 bits per heavy atom. The zero-order valence-electron chi connectivity index (χ0n) is 12.8. The molecular formula is C16H10BrN4O4-. The molecule has 0 fully saturated rings. The largest absolute Gasteiger partial charge is 0.867 e. The molecule has 0 aliphatic heterocycles. The summed E-state index contributed by atoms with van der Waals surface area (Å²) in [4.78, 5) is 27.0. The molecule has 0 radical (unpaired) electrons. The van der Waals surface area contributed by atoms with Crippen LogP contribution in [-0.4, -0.2) is 20.8 Å². The first kappa shape index (κ1) is 16.8. The highest BCUT2D eigenvalue weighted by Gasteiger charge is 2.12. The van der Waals surface area contributed by atoms with E-state index in [9.17, 15) is 20.0 Å². The molecule has 8 nitrogen and oxygen atoms in total. The minimum atomic E-state index is -0.781. The third-order valence-electron chi connectivity index (χ3n) is 3.49. The lowest BCUT2D eigenvalue weighted by atomic mass is 10.2. The van der Waals surface area contributed by atoms with Gasteiger partial charge in [0.15, 0.2) is 0 Å². The quantitative estimate of drug-likeness (QED) is 0.379. The molecule has 0 N–H and O–H groups in total. The van der Waals surface area contributed by atoms with Crippen LogP contribution in [0.5, 0.6) is 5.75 Å². The van der Waals surface area contributed by atoms with Crippen LogP contribution in [0.4, 0.5) is 5.69 Å². The van der Waals surface area contributed by atoms with Gasteiger partial charge in [0, 0.05) is 10.5 Å². The predicted molar refractivity (Wildman–Crippen MR) is 94.0 cm³/mol. The maximum absolute atomic E-state index is 12.5. The van der Waals surface area contributed by atoms with Crippen LogP contribution in [0.25, 0.3) is 10.9 Å². The maximum Gasteiger partial charge on any atom is 0.282 e. The Bertz CT molecular complexity index is 1090. The monoisotopic (exact) mass is 401 g/mol.